The fourth-order valence-electron chi connectivity index (χ4n) is 3.50. The molecule has 1 aliphatic heterocycles. The molecule has 158 valence electrons. The highest BCUT2D eigenvalue weighted by molar-refractivity contribution is 7.94. The lowest BCUT2D eigenvalue weighted by atomic mass is 10.1. The Balaban J connectivity index is 1.78. The molecule has 0 spiro atoms. The van der Waals surface area contributed by atoms with E-state index in [4.69, 9.17) is 4.74 Å². The summed E-state index contributed by atoms with van der Waals surface area (Å²) < 4.78 is 33.0. The Morgan fingerprint density at radius 2 is 1.65 bits per heavy atom. The Morgan fingerprint density at radius 1 is 0.968 bits per heavy atom. The van der Waals surface area contributed by atoms with Crippen LogP contribution in [-0.4, -0.2) is 21.1 Å². The van der Waals surface area contributed by atoms with Crippen LogP contribution in [-0.2, 0) is 16.6 Å². The maximum atomic E-state index is 13.5. The second-order valence-electron chi connectivity index (χ2n) is 6.98. The number of urea groups is 1. The average Bonchev–Trinajstić information content (AvgIpc) is 2.78. The highest BCUT2D eigenvalue weighted by atomic mass is 32.2. The van der Waals surface area contributed by atoms with E-state index in [-0.39, 0.29) is 17.1 Å². The third kappa shape index (κ3) is 3.80. The van der Waals surface area contributed by atoms with Crippen LogP contribution in [0.15, 0.2) is 84.3 Å². The van der Waals surface area contributed by atoms with Crippen molar-refractivity contribution in [2.45, 2.75) is 18.4 Å². The summed E-state index contributed by atoms with van der Waals surface area (Å²) >= 11 is 0. The normalized spacial score (nSPS) is 14.8. The molecule has 2 amide bonds. The first kappa shape index (κ1) is 20.7. The summed E-state index contributed by atoms with van der Waals surface area (Å²) in [6.45, 7) is 6.34. The Hall–Kier alpha value is -3.58. The summed E-state index contributed by atoms with van der Waals surface area (Å²) in [5.74, 6) is 0.604. The molecule has 3 aromatic rings. The van der Waals surface area contributed by atoms with E-state index < -0.39 is 16.1 Å². The van der Waals surface area contributed by atoms with Crippen LogP contribution in [0.2, 0.25) is 0 Å². The number of benzene rings is 3. The topological polar surface area (TPSA) is 66.9 Å². The Bertz CT molecular complexity index is 1220. The molecule has 7 heteroatoms. The third-order valence-corrected chi connectivity index (χ3v) is 6.77. The van der Waals surface area contributed by atoms with Crippen molar-refractivity contribution in [3.63, 3.8) is 0 Å². The second kappa shape index (κ2) is 8.28. The van der Waals surface area contributed by atoms with Gasteiger partial charge in [-0.3, -0.25) is 4.90 Å². The molecule has 3 aromatic carbocycles. The number of carbonyl (C=O) groups excluding carboxylic acids is 1. The van der Waals surface area contributed by atoms with Gasteiger partial charge in [-0.2, -0.15) is 4.31 Å². The van der Waals surface area contributed by atoms with E-state index in [2.05, 4.69) is 6.58 Å². The predicted molar refractivity (Wildman–Crippen MR) is 122 cm³/mol. The quantitative estimate of drug-likeness (QED) is 0.544. The number of carbonyl (C=O) groups is 1. The van der Waals surface area contributed by atoms with E-state index in [1.165, 1.54) is 11.0 Å². The van der Waals surface area contributed by atoms with Gasteiger partial charge in [0, 0.05) is 0 Å². The largest absolute Gasteiger partial charge is 0.494 e. The number of anilines is 2. The van der Waals surface area contributed by atoms with Gasteiger partial charge >= 0.3 is 6.03 Å². The van der Waals surface area contributed by atoms with Gasteiger partial charge in [0.2, 0.25) is 0 Å². The fraction of sp³-hybridized carbons (Fsp3) is 0.125. The minimum absolute atomic E-state index is 0.0891. The van der Waals surface area contributed by atoms with E-state index in [9.17, 15) is 13.2 Å². The van der Waals surface area contributed by atoms with Gasteiger partial charge in [0.25, 0.3) is 10.0 Å². The van der Waals surface area contributed by atoms with Gasteiger partial charge in [-0.05, 0) is 54.4 Å². The van der Waals surface area contributed by atoms with Crippen molar-refractivity contribution in [1.29, 1.82) is 0 Å². The lowest BCUT2D eigenvalue weighted by molar-refractivity contribution is 0.253. The van der Waals surface area contributed by atoms with Gasteiger partial charge in [-0.15, -0.1) is 0 Å². The van der Waals surface area contributed by atoms with Crippen molar-refractivity contribution >= 4 is 33.5 Å². The number of sulfonamides is 1. The van der Waals surface area contributed by atoms with Crippen molar-refractivity contribution in [2.75, 3.05) is 15.8 Å². The predicted octanol–water partition coefficient (Wildman–Crippen LogP) is 5.06. The Kier molecular flexibility index (Phi) is 5.52. The molecule has 0 radical (unpaired) electrons. The van der Waals surface area contributed by atoms with Crippen LogP contribution in [0.5, 0.6) is 5.75 Å². The number of fused-ring (bicyclic) bond motifs is 1. The lowest BCUT2D eigenvalue weighted by Gasteiger charge is -2.36. The Labute approximate surface area is 182 Å². The van der Waals surface area contributed by atoms with Crippen LogP contribution in [0.4, 0.5) is 16.2 Å². The van der Waals surface area contributed by atoms with Crippen molar-refractivity contribution in [3.05, 3.63) is 90.5 Å². The van der Waals surface area contributed by atoms with Gasteiger partial charge in [0.05, 0.1) is 24.5 Å². The number of para-hydroxylation sites is 1. The molecular weight excluding hydrogens is 412 g/mol. The third-order valence-electron chi connectivity index (χ3n) is 5.02. The zero-order valence-corrected chi connectivity index (χ0v) is 17.9. The van der Waals surface area contributed by atoms with Crippen LogP contribution < -0.4 is 13.9 Å². The number of rotatable bonds is 6. The summed E-state index contributed by atoms with van der Waals surface area (Å²) in [5.41, 5.74) is 2.46. The van der Waals surface area contributed by atoms with Crippen LogP contribution in [0.25, 0.3) is 6.08 Å². The number of ether oxygens (including phenoxy) is 1. The molecule has 0 aliphatic carbocycles. The van der Waals surface area contributed by atoms with Crippen LogP contribution in [0, 0.1) is 0 Å². The molecule has 0 saturated heterocycles. The van der Waals surface area contributed by atoms with Crippen LogP contribution in [0.1, 0.15) is 18.1 Å². The average molecular weight is 435 g/mol. The molecule has 4 rings (SSSR count). The number of hydrogen-bond acceptors (Lipinski definition) is 4. The minimum Gasteiger partial charge on any atom is -0.494 e. The highest BCUT2D eigenvalue weighted by Crippen LogP contribution is 2.38. The van der Waals surface area contributed by atoms with Gasteiger partial charge in [-0.25, -0.2) is 13.2 Å². The molecule has 0 fully saturated rings. The van der Waals surface area contributed by atoms with Crippen molar-refractivity contribution in [3.8, 4) is 5.75 Å². The number of amides is 2. The van der Waals surface area contributed by atoms with Crippen molar-refractivity contribution in [2.24, 2.45) is 0 Å². The van der Waals surface area contributed by atoms with E-state index in [1.54, 1.807) is 48.5 Å². The van der Waals surface area contributed by atoms with Gasteiger partial charge in [-0.1, -0.05) is 49.1 Å². The molecule has 0 unspecified atom stereocenters. The summed E-state index contributed by atoms with van der Waals surface area (Å²) in [5, 5.41) is 0. The fourth-order valence-corrected chi connectivity index (χ4v) is 5.09. The maximum Gasteiger partial charge on any atom is 0.343 e. The molecule has 1 aliphatic rings. The van der Waals surface area contributed by atoms with Crippen LogP contribution >= 0.6 is 0 Å². The molecule has 31 heavy (non-hydrogen) atoms. The Morgan fingerprint density at radius 3 is 2.29 bits per heavy atom. The summed E-state index contributed by atoms with van der Waals surface area (Å²) in [4.78, 5) is 15.0. The van der Waals surface area contributed by atoms with E-state index >= 15 is 0 Å². The standard InChI is InChI=1S/C24H22N2O4S/c1-3-18-9-11-19(12-10-18)17-25-22-7-5-6-8-23(22)31(28,29)26(24(25)27)20-13-15-21(16-14-20)30-4-2/h3,5-16H,1,4,17H2,2H3. The number of nitrogens with zero attached hydrogens (tertiary/aromatic N) is 2. The first-order valence-electron chi connectivity index (χ1n) is 9.86. The molecule has 1 heterocycles. The van der Waals surface area contributed by atoms with E-state index in [1.807, 2.05) is 31.2 Å². The highest BCUT2D eigenvalue weighted by Gasteiger charge is 2.42. The van der Waals surface area contributed by atoms with E-state index in [0.717, 1.165) is 15.4 Å². The monoisotopic (exact) mass is 434 g/mol. The summed E-state index contributed by atoms with van der Waals surface area (Å²) in [7, 11) is -4.06. The van der Waals surface area contributed by atoms with E-state index in [0.29, 0.717) is 18.0 Å². The van der Waals surface area contributed by atoms with Gasteiger partial charge in [0.15, 0.2) is 0 Å². The number of hydrogen-bond donors (Lipinski definition) is 0. The zero-order chi connectivity index (χ0) is 22.0. The molecule has 6 nitrogen and oxygen atoms in total. The molecule has 0 saturated carbocycles. The molecular formula is C24H22N2O4S. The van der Waals surface area contributed by atoms with Gasteiger partial charge < -0.3 is 4.74 Å². The molecule has 0 bridgehead atoms. The maximum absolute atomic E-state index is 13.5. The molecule has 0 atom stereocenters. The first-order chi connectivity index (χ1) is 15.0. The smallest absolute Gasteiger partial charge is 0.343 e. The zero-order valence-electron chi connectivity index (χ0n) is 17.1. The second-order valence-corrected chi connectivity index (χ2v) is 8.73. The summed E-state index contributed by atoms with van der Waals surface area (Å²) in [6.07, 6.45) is 1.74. The lowest BCUT2D eigenvalue weighted by Crippen LogP contribution is -2.50. The SMILES string of the molecule is C=Cc1ccc(CN2C(=O)N(c3ccc(OCC)cc3)S(=O)(=O)c3ccccc32)cc1. The van der Waals surface area contributed by atoms with Crippen molar-refractivity contribution in [1.82, 2.24) is 0 Å². The molecule has 0 N–H and O–H groups in total. The van der Waals surface area contributed by atoms with Crippen LogP contribution in [0.3, 0.4) is 0 Å². The van der Waals surface area contributed by atoms with Crippen molar-refractivity contribution < 1.29 is 17.9 Å². The van der Waals surface area contributed by atoms with Gasteiger partial charge in [0.1, 0.15) is 10.6 Å². The summed E-state index contributed by atoms with van der Waals surface area (Å²) in [6, 6.07) is 20.0. The first-order valence-corrected chi connectivity index (χ1v) is 11.3. The minimum atomic E-state index is -4.06. The molecule has 0 aromatic heterocycles.